The van der Waals surface area contributed by atoms with Gasteiger partial charge in [-0.2, -0.15) is 0 Å². The van der Waals surface area contributed by atoms with Gasteiger partial charge in [0.25, 0.3) is 0 Å². The minimum Gasteiger partial charge on any atom is -0.310 e. The SMILES string of the molecule is O=C1C(Cc2ccccc2)N(Cc2ccccc2)CCN1c1ccccc1. The van der Waals surface area contributed by atoms with Gasteiger partial charge in [-0.15, -0.1) is 0 Å². The Morgan fingerprint density at radius 1 is 0.704 bits per heavy atom. The fourth-order valence-corrected chi connectivity index (χ4v) is 3.76. The van der Waals surface area contributed by atoms with Crippen LogP contribution in [0.3, 0.4) is 0 Å². The first-order chi connectivity index (χ1) is 13.3. The lowest BCUT2D eigenvalue weighted by molar-refractivity contribution is -0.126. The van der Waals surface area contributed by atoms with Crippen LogP contribution in [0.25, 0.3) is 0 Å². The molecule has 0 radical (unpaired) electrons. The van der Waals surface area contributed by atoms with Gasteiger partial charge in [0.05, 0.1) is 6.04 Å². The summed E-state index contributed by atoms with van der Waals surface area (Å²) in [5, 5.41) is 0. The topological polar surface area (TPSA) is 23.6 Å². The number of para-hydroxylation sites is 1. The predicted molar refractivity (Wildman–Crippen MR) is 110 cm³/mol. The van der Waals surface area contributed by atoms with Gasteiger partial charge in [0.15, 0.2) is 0 Å². The van der Waals surface area contributed by atoms with Crippen molar-refractivity contribution in [1.82, 2.24) is 4.90 Å². The van der Waals surface area contributed by atoms with E-state index in [0.29, 0.717) is 0 Å². The molecule has 3 nitrogen and oxygen atoms in total. The number of amides is 1. The van der Waals surface area contributed by atoms with Gasteiger partial charge in [0, 0.05) is 25.3 Å². The van der Waals surface area contributed by atoms with Crippen LogP contribution in [0.1, 0.15) is 11.1 Å². The Hall–Kier alpha value is -2.91. The van der Waals surface area contributed by atoms with Gasteiger partial charge in [-0.1, -0.05) is 78.9 Å². The van der Waals surface area contributed by atoms with Crippen LogP contribution in [0.5, 0.6) is 0 Å². The molecule has 3 aromatic carbocycles. The van der Waals surface area contributed by atoms with Gasteiger partial charge < -0.3 is 4.90 Å². The summed E-state index contributed by atoms with van der Waals surface area (Å²) in [7, 11) is 0. The monoisotopic (exact) mass is 356 g/mol. The normalized spacial score (nSPS) is 17.9. The molecule has 1 aliphatic rings. The quantitative estimate of drug-likeness (QED) is 0.686. The molecule has 4 rings (SSSR count). The van der Waals surface area contributed by atoms with Crippen molar-refractivity contribution in [3.63, 3.8) is 0 Å². The molecule has 1 saturated heterocycles. The maximum atomic E-state index is 13.4. The Morgan fingerprint density at radius 2 is 1.26 bits per heavy atom. The highest BCUT2D eigenvalue weighted by Crippen LogP contribution is 2.24. The van der Waals surface area contributed by atoms with Crippen molar-refractivity contribution in [1.29, 1.82) is 0 Å². The molecule has 1 atom stereocenters. The van der Waals surface area contributed by atoms with Gasteiger partial charge in [-0.3, -0.25) is 9.69 Å². The molecule has 1 unspecified atom stereocenters. The number of hydrogen-bond acceptors (Lipinski definition) is 2. The van der Waals surface area contributed by atoms with Crippen molar-refractivity contribution < 1.29 is 4.79 Å². The summed E-state index contributed by atoms with van der Waals surface area (Å²) in [6.45, 7) is 2.39. The highest BCUT2D eigenvalue weighted by atomic mass is 16.2. The molecule has 1 aliphatic heterocycles. The first kappa shape index (κ1) is 17.5. The zero-order chi connectivity index (χ0) is 18.5. The van der Waals surface area contributed by atoms with Gasteiger partial charge >= 0.3 is 0 Å². The summed E-state index contributed by atoms with van der Waals surface area (Å²) >= 11 is 0. The predicted octanol–water partition coefficient (Wildman–Crippen LogP) is 4.15. The first-order valence-corrected chi connectivity index (χ1v) is 9.49. The number of hydrogen-bond donors (Lipinski definition) is 0. The van der Waals surface area contributed by atoms with Crippen LogP contribution in [-0.4, -0.2) is 29.9 Å². The molecule has 0 spiro atoms. The average molecular weight is 356 g/mol. The van der Waals surface area contributed by atoms with E-state index in [4.69, 9.17) is 0 Å². The van der Waals surface area contributed by atoms with Gasteiger partial charge in [0.2, 0.25) is 5.91 Å². The summed E-state index contributed by atoms with van der Waals surface area (Å²) in [6.07, 6.45) is 0.732. The highest BCUT2D eigenvalue weighted by Gasteiger charge is 2.35. The van der Waals surface area contributed by atoms with Crippen molar-refractivity contribution in [2.75, 3.05) is 18.0 Å². The fraction of sp³-hybridized carbons (Fsp3) is 0.208. The molecule has 136 valence electrons. The van der Waals surface area contributed by atoms with Crippen molar-refractivity contribution in [2.45, 2.75) is 19.0 Å². The Balaban J connectivity index is 1.60. The lowest BCUT2D eigenvalue weighted by Gasteiger charge is -2.41. The van der Waals surface area contributed by atoms with E-state index in [9.17, 15) is 4.79 Å². The Morgan fingerprint density at radius 3 is 1.89 bits per heavy atom. The Kier molecular flexibility index (Phi) is 5.31. The number of rotatable bonds is 5. The van der Waals surface area contributed by atoms with Crippen LogP contribution in [0.15, 0.2) is 91.0 Å². The van der Waals surface area contributed by atoms with Crippen LogP contribution in [-0.2, 0) is 17.8 Å². The highest BCUT2D eigenvalue weighted by molar-refractivity contribution is 5.98. The summed E-state index contributed by atoms with van der Waals surface area (Å²) in [5.41, 5.74) is 3.43. The number of piperazine rings is 1. The first-order valence-electron chi connectivity index (χ1n) is 9.49. The van der Waals surface area contributed by atoms with E-state index in [1.54, 1.807) is 0 Å². The van der Waals surface area contributed by atoms with Crippen LogP contribution in [0.2, 0.25) is 0 Å². The molecule has 1 heterocycles. The van der Waals surface area contributed by atoms with Crippen molar-refractivity contribution >= 4 is 11.6 Å². The minimum absolute atomic E-state index is 0.151. The molecule has 1 amide bonds. The van der Waals surface area contributed by atoms with Crippen LogP contribution >= 0.6 is 0 Å². The minimum atomic E-state index is -0.151. The van der Waals surface area contributed by atoms with E-state index in [1.165, 1.54) is 11.1 Å². The molecule has 27 heavy (non-hydrogen) atoms. The molecule has 0 bridgehead atoms. The fourth-order valence-electron chi connectivity index (χ4n) is 3.76. The van der Waals surface area contributed by atoms with Crippen LogP contribution in [0.4, 0.5) is 5.69 Å². The van der Waals surface area contributed by atoms with Crippen molar-refractivity contribution in [3.05, 3.63) is 102 Å². The number of benzene rings is 3. The van der Waals surface area contributed by atoms with Crippen LogP contribution < -0.4 is 4.90 Å². The molecule has 0 aromatic heterocycles. The Bertz CT molecular complexity index is 865. The molecule has 1 fully saturated rings. The van der Waals surface area contributed by atoms with E-state index in [0.717, 1.165) is 31.7 Å². The third-order valence-electron chi connectivity index (χ3n) is 5.17. The number of nitrogens with zero attached hydrogens (tertiary/aromatic N) is 2. The number of anilines is 1. The lowest BCUT2D eigenvalue weighted by atomic mass is 10.00. The molecule has 0 N–H and O–H groups in total. The van der Waals surface area contributed by atoms with E-state index in [2.05, 4.69) is 41.3 Å². The largest absolute Gasteiger partial charge is 0.310 e. The molecule has 3 heteroatoms. The van der Waals surface area contributed by atoms with Gasteiger partial charge in [0.1, 0.15) is 0 Å². The third kappa shape index (κ3) is 4.09. The van der Waals surface area contributed by atoms with Crippen molar-refractivity contribution in [3.8, 4) is 0 Å². The average Bonchev–Trinajstić information content (AvgIpc) is 2.73. The number of carbonyl (C=O) groups excluding carboxylic acids is 1. The van der Waals surface area contributed by atoms with E-state index in [-0.39, 0.29) is 11.9 Å². The molecule has 3 aromatic rings. The summed E-state index contributed by atoms with van der Waals surface area (Å²) in [6, 6.07) is 30.6. The zero-order valence-corrected chi connectivity index (χ0v) is 15.4. The van der Waals surface area contributed by atoms with E-state index >= 15 is 0 Å². The smallest absolute Gasteiger partial charge is 0.244 e. The maximum absolute atomic E-state index is 13.4. The van der Waals surface area contributed by atoms with Gasteiger partial charge in [-0.05, 0) is 29.7 Å². The second kappa shape index (κ2) is 8.19. The molecule has 0 aliphatic carbocycles. The summed E-state index contributed by atoms with van der Waals surface area (Å²) in [4.78, 5) is 17.7. The molecule has 0 saturated carbocycles. The standard InChI is InChI=1S/C24H24N2O/c27-24-23(18-20-10-4-1-5-11-20)25(19-21-12-6-2-7-13-21)16-17-26(24)22-14-8-3-9-15-22/h1-15,23H,16-19H2. The Labute approximate surface area is 160 Å². The summed E-state index contributed by atoms with van der Waals surface area (Å²) in [5.74, 6) is 0.187. The number of carbonyl (C=O) groups is 1. The molecular weight excluding hydrogens is 332 g/mol. The van der Waals surface area contributed by atoms with Crippen LogP contribution in [0, 0.1) is 0 Å². The second-order valence-electron chi connectivity index (χ2n) is 6.99. The molecular formula is C24H24N2O. The summed E-state index contributed by atoms with van der Waals surface area (Å²) < 4.78 is 0. The second-order valence-corrected chi connectivity index (χ2v) is 6.99. The van der Waals surface area contributed by atoms with Crippen molar-refractivity contribution in [2.24, 2.45) is 0 Å². The van der Waals surface area contributed by atoms with E-state index < -0.39 is 0 Å². The third-order valence-corrected chi connectivity index (χ3v) is 5.17. The van der Waals surface area contributed by atoms with E-state index in [1.807, 2.05) is 59.5 Å². The van der Waals surface area contributed by atoms with Gasteiger partial charge in [-0.25, -0.2) is 0 Å². The zero-order valence-electron chi connectivity index (χ0n) is 15.4. The maximum Gasteiger partial charge on any atom is 0.244 e. The lowest BCUT2D eigenvalue weighted by Crippen LogP contribution is -2.57.